The smallest absolute Gasteiger partial charge is 0.256 e. The minimum absolute atomic E-state index is 0.0217. The molecule has 0 saturated carbocycles. The Morgan fingerprint density at radius 2 is 1.90 bits per heavy atom. The molecule has 2 heterocycles. The summed E-state index contributed by atoms with van der Waals surface area (Å²) >= 11 is 1.49. The first-order valence-corrected chi connectivity index (χ1v) is 11.5. The maximum Gasteiger partial charge on any atom is 0.256 e. The van der Waals surface area contributed by atoms with E-state index in [1.54, 1.807) is 6.20 Å². The van der Waals surface area contributed by atoms with E-state index in [2.05, 4.69) is 17.2 Å². The van der Waals surface area contributed by atoms with Crippen molar-refractivity contribution in [3.63, 3.8) is 0 Å². The van der Waals surface area contributed by atoms with E-state index in [4.69, 9.17) is 0 Å². The van der Waals surface area contributed by atoms with Crippen LogP contribution in [0.4, 0.5) is 0 Å². The molecule has 2 aromatic rings. The van der Waals surface area contributed by atoms with Gasteiger partial charge in [-0.2, -0.15) is 0 Å². The number of hydrogen-bond acceptors (Lipinski definition) is 4. The largest absolute Gasteiger partial charge is 0.352 e. The van der Waals surface area contributed by atoms with Crippen molar-refractivity contribution in [2.45, 2.75) is 37.6 Å². The van der Waals surface area contributed by atoms with Crippen molar-refractivity contribution < 1.29 is 9.59 Å². The molecule has 0 aliphatic carbocycles. The average Bonchev–Trinajstić information content (AvgIpc) is 2.78. The molecule has 1 saturated heterocycles. The number of aromatic nitrogens is 1. The molecule has 1 aliphatic heterocycles. The fourth-order valence-corrected chi connectivity index (χ4v) is 4.22. The lowest BCUT2D eigenvalue weighted by molar-refractivity contribution is 0.0680. The number of carbonyl (C=O) groups is 2. The second-order valence-corrected chi connectivity index (χ2v) is 8.25. The van der Waals surface area contributed by atoms with Gasteiger partial charge in [0, 0.05) is 31.4 Å². The Kier molecular flexibility index (Phi) is 7.69. The number of aryl methyl sites for hydroxylation is 1. The highest BCUT2D eigenvalue weighted by molar-refractivity contribution is 7.98. The number of nitrogens with zero attached hydrogens (tertiary/aromatic N) is 2. The monoisotopic (exact) mass is 411 g/mol. The zero-order valence-electron chi connectivity index (χ0n) is 17.2. The molecule has 29 heavy (non-hydrogen) atoms. The summed E-state index contributed by atoms with van der Waals surface area (Å²) in [4.78, 5) is 31.4. The van der Waals surface area contributed by atoms with Crippen molar-refractivity contribution in [2.75, 3.05) is 25.9 Å². The van der Waals surface area contributed by atoms with Gasteiger partial charge in [-0.25, -0.2) is 4.98 Å². The molecule has 0 radical (unpaired) electrons. The molecule has 0 unspecified atom stereocenters. The SMILES string of the molecule is CCCc1ccc(C(=O)NCC2CCN(C(=O)c3cccnc3SC)CC2)cc1. The van der Waals surface area contributed by atoms with Crippen molar-refractivity contribution >= 4 is 23.6 Å². The molecule has 1 aliphatic rings. The predicted molar refractivity (Wildman–Crippen MR) is 117 cm³/mol. The second-order valence-electron chi connectivity index (χ2n) is 7.45. The van der Waals surface area contributed by atoms with Gasteiger partial charge in [0.25, 0.3) is 11.8 Å². The molecule has 154 valence electrons. The number of nitrogens with one attached hydrogen (secondary N) is 1. The summed E-state index contributed by atoms with van der Waals surface area (Å²) in [5.74, 6) is 0.430. The summed E-state index contributed by atoms with van der Waals surface area (Å²) in [6.07, 6.45) is 7.59. The number of hydrogen-bond donors (Lipinski definition) is 1. The maximum atomic E-state index is 12.8. The molecular weight excluding hydrogens is 382 g/mol. The van der Waals surface area contributed by atoms with Crippen LogP contribution in [0.15, 0.2) is 47.6 Å². The quantitative estimate of drug-likeness (QED) is 0.699. The number of pyridine rings is 1. The van der Waals surface area contributed by atoms with Crippen LogP contribution in [-0.4, -0.2) is 47.6 Å². The number of amides is 2. The van der Waals surface area contributed by atoms with Crippen LogP contribution in [0.5, 0.6) is 0 Å². The van der Waals surface area contributed by atoms with Crippen LogP contribution < -0.4 is 5.32 Å². The van der Waals surface area contributed by atoms with Crippen LogP contribution in [0.3, 0.4) is 0 Å². The third-order valence-corrected chi connectivity index (χ3v) is 6.11. The van der Waals surface area contributed by atoms with Crippen LogP contribution in [0, 0.1) is 5.92 Å². The van der Waals surface area contributed by atoms with Crippen molar-refractivity contribution in [3.8, 4) is 0 Å². The van der Waals surface area contributed by atoms with E-state index >= 15 is 0 Å². The normalized spacial score (nSPS) is 14.6. The van der Waals surface area contributed by atoms with Gasteiger partial charge in [0.2, 0.25) is 0 Å². The molecule has 1 aromatic carbocycles. The molecule has 1 fully saturated rings. The minimum atomic E-state index is -0.0217. The highest BCUT2D eigenvalue weighted by atomic mass is 32.2. The lowest BCUT2D eigenvalue weighted by Crippen LogP contribution is -2.41. The van der Waals surface area contributed by atoms with E-state index in [9.17, 15) is 9.59 Å². The van der Waals surface area contributed by atoms with Crippen LogP contribution in [0.25, 0.3) is 0 Å². The molecule has 6 heteroatoms. The number of rotatable bonds is 7. The van der Waals surface area contributed by atoms with Crippen LogP contribution in [0.1, 0.15) is 52.5 Å². The zero-order chi connectivity index (χ0) is 20.6. The molecule has 3 rings (SSSR count). The van der Waals surface area contributed by atoms with Crippen LogP contribution in [0.2, 0.25) is 0 Å². The van der Waals surface area contributed by atoms with Gasteiger partial charge in [-0.1, -0.05) is 25.5 Å². The highest BCUT2D eigenvalue weighted by Gasteiger charge is 2.25. The molecule has 1 aromatic heterocycles. The lowest BCUT2D eigenvalue weighted by atomic mass is 9.96. The summed E-state index contributed by atoms with van der Waals surface area (Å²) in [7, 11) is 0. The third-order valence-electron chi connectivity index (χ3n) is 5.40. The van der Waals surface area contributed by atoms with E-state index in [0.717, 1.165) is 30.7 Å². The molecular formula is C23H29N3O2S. The van der Waals surface area contributed by atoms with E-state index in [0.29, 0.717) is 36.7 Å². The summed E-state index contributed by atoms with van der Waals surface area (Å²) in [5, 5.41) is 3.83. The maximum absolute atomic E-state index is 12.8. The summed E-state index contributed by atoms with van der Waals surface area (Å²) in [6.45, 7) is 4.24. The Labute approximate surface area is 177 Å². The van der Waals surface area contributed by atoms with Gasteiger partial charge < -0.3 is 10.2 Å². The average molecular weight is 412 g/mol. The molecule has 1 N–H and O–H groups in total. The Morgan fingerprint density at radius 1 is 1.17 bits per heavy atom. The van der Waals surface area contributed by atoms with Gasteiger partial charge in [0.15, 0.2) is 0 Å². The molecule has 5 nitrogen and oxygen atoms in total. The molecule has 0 spiro atoms. The predicted octanol–water partition coefficient (Wildman–Crippen LogP) is 4.04. The Bertz CT molecular complexity index is 830. The molecule has 0 atom stereocenters. The summed E-state index contributed by atoms with van der Waals surface area (Å²) in [6, 6.07) is 11.5. The minimum Gasteiger partial charge on any atom is -0.352 e. The summed E-state index contributed by atoms with van der Waals surface area (Å²) in [5.41, 5.74) is 2.65. The van der Waals surface area contributed by atoms with Gasteiger partial charge in [-0.15, -0.1) is 11.8 Å². The number of thioether (sulfide) groups is 1. The van der Waals surface area contributed by atoms with Crippen molar-refractivity contribution in [1.82, 2.24) is 15.2 Å². The van der Waals surface area contributed by atoms with Crippen molar-refractivity contribution in [2.24, 2.45) is 5.92 Å². The van der Waals surface area contributed by atoms with E-state index in [-0.39, 0.29) is 11.8 Å². The van der Waals surface area contributed by atoms with E-state index in [1.165, 1.54) is 17.3 Å². The number of piperidine rings is 1. The van der Waals surface area contributed by atoms with Crippen molar-refractivity contribution in [3.05, 3.63) is 59.3 Å². The fraction of sp³-hybridized carbons (Fsp3) is 0.435. The van der Waals surface area contributed by atoms with E-state index in [1.807, 2.05) is 47.6 Å². The molecule has 0 bridgehead atoms. The Hall–Kier alpha value is -2.34. The standard InChI is InChI=1S/C23H29N3O2S/c1-3-5-17-7-9-19(10-8-17)21(27)25-16-18-11-14-26(15-12-18)23(28)20-6-4-13-24-22(20)29-2/h4,6-10,13,18H,3,5,11-12,14-16H2,1-2H3,(H,25,27). The number of benzene rings is 1. The lowest BCUT2D eigenvalue weighted by Gasteiger charge is -2.32. The Morgan fingerprint density at radius 3 is 2.55 bits per heavy atom. The van der Waals surface area contributed by atoms with Crippen molar-refractivity contribution in [1.29, 1.82) is 0 Å². The first-order chi connectivity index (χ1) is 14.1. The Balaban J connectivity index is 1.47. The highest BCUT2D eigenvalue weighted by Crippen LogP contribution is 2.22. The van der Waals surface area contributed by atoms with Gasteiger partial charge >= 0.3 is 0 Å². The van der Waals surface area contributed by atoms with Crippen LogP contribution in [-0.2, 0) is 6.42 Å². The van der Waals surface area contributed by atoms with Crippen LogP contribution >= 0.6 is 11.8 Å². The first kappa shape index (κ1) is 21.4. The first-order valence-electron chi connectivity index (χ1n) is 10.3. The molecule has 2 amide bonds. The summed E-state index contributed by atoms with van der Waals surface area (Å²) < 4.78 is 0. The van der Waals surface area contributed by atoms with E-state index < -0.39 is 0 Å². The van der Waals surface area contributed by atoms with Gasteiger partial charge in [-0.05, 0) is 61.3 Å². The third kappa shape index (κ3) is 5.60. The number of carbonyl (C=O) groups excluding carboxylic acids is 2. The fourth-order valence-electron chi connectivity index (χ4n) is 3.68. The topological polar surface area (TPSA) is 62.3 Å². The van der Waals surface area contributed by atoms with Gasteiger partial charge in [0.05, 0.1) is 5.56 Å². The van der Waals surface area contributed by atoms with Gasteiger partial charge in [0.1, 0.15) is 5.03 Å². The van der Waals surface area contributed by atoms with Gasteiger partial charge in [-0.3, -0.25) is 9.59 Å². The number of likely N-dealkylation sites (tertiary alicyclic amines) is 1. The second kappa shape index (κ2) is 10.4. The zero-order valence-corrected chi connectivity index (χ0v) is 18.0.